The van der Waals surface area contributed by atoms with Crippen LogP contribution in [-0.2, 0) is 0 Å². The van der Waals surface area contributed by atoms with Gasteiger partial charge in [0.15, 0.2) is 0 Å². The zero-order valence-electron chi connectivity index (χ0n) is 8.22. The first-order valence-electron chi connectivity index (χ1n) is 4.40. The predicted molar refractivity (Wildman–Crippen MR) is 76.7 cm³/mol. The lowest BCUT2D eigenvalue weighted by Gasteiger charge is -2.13. The first kappa shape index (κ1) is 12.2. The molecule has 0 radical (unpaired) electrons. The summed E-state index contributed by atoms with van der Waals surface area (Å²) < 4.78 is 0. The lowest BCUT2D eigenvalue weighted by atomic mass is 10.0. The van der Waals surface area contributed by atoms with Gasteiger partial charge < -0.3 is 5.11 Å². The van der Waals surface area contributed by atoms with E-state index in [9.17, 15) is 5.11 Å². The fourth-order valence-corrected chi connectivity index (χ4v) is 10.6. The third kappa shape index (κ3) is 2.72. The van der Waals surface area contributed by atoms with Crippen molar-refractivity contribution in [1.82, 2.24) is 0 Å². The minimum atomic E-state index is 0.405. The fraction of sp³-hybridized carbons (Fsp3) is 0.333. The molecule has 1 heterocycles. The van der Waals surface area contributed by atoms with Crippen molar-refractivity contribution in [3.8, 4) is 5.75 Å². The number of rotatable bonds is 1. The van der Waals surface area contributed by atoms with Crippen molar-refractivity contribution in [3.63, 3.8) is 0 Å². The van der Waals surface area contributed by atoms with Gasteiger partial charge in [-0.15, -0.1) is 0 Å². The Hall–Kier alpha value is 0.770. The van der Waals surface area contributed by atoms with E-state index in [2.05, 4.69) is 13.8 Å². The van der Waals surface area contributed by atoms with E-state index in [-0.39, 0.29) is 0 Å². The van der Waals surface area contributed by atoms with Crippen LogP contribution in [0.25, 0.3) is 0 Å². The highest BCUT2D eigenvalue weighted by Crippen LogP contribution is 2.62. The Morgan fingerprint density at radius 2 is 1.67 bits per heavy atom. The monoisotopic (exact) mass is 294 g/mol. The van der Waals surface area contributed by atoms with Gasteiger partial charge in [0.05, 0.1) is 4.90 Å². The number of hydrogen-bond donors (Lipinski definition) is 1. The maximum Gasteiger partial charge on any atom is 0.131 e. The molecule has 0 atom stereocenters. The van der Waals surface area contributed by atoms with Crippen LogP contribution >= 0.6 is 51.1 Å². The molecule has 1 aliphatic heterocycles. The normalized spacial score (nSPS) is 16.2. The molecule has 1 aromatic rings. The predicted octanol–water partition coefficient (Wildman–Crippen LogP) is 5.57. The highest BCUT2D eigenvalue weighted by Gasteiger charge is 2.19. The van der Waals surface area contributed by atoms with E-state index in [1.165, 1.54) is 10.5 Å². The maximum atomic E-state index is 9.82. The number of fused-ring (bicyclic) bond motifs is 1. The molecule has 1 nitrogen and oxygen atoms in total. The van der Waals surface area contributed by atoms with Crippen molar-refractivity contribution in [2.45, 2.75) is 29.6 Å². The second-order valence-electron chi connectivity index (χ2n) is 3.36. The molecular formula is C9H10OS5. The van der Waals surface area contributed by atoms with Gasteiger partial charge in [-0.3, -0.25) is 0 Å². The van der Waals surface area contributed by atoms with Gasteiger partial charge in [0.2, 0.25) is 0 Å². The Morgan fingerprint density at radius 1 is 1.00 bits per heavy atom. The number of benzene rings is 1. The summed E-state index contributed by atoms with van der Waals surface area (Å²) in [5, 5.41) is 9.82. The first-order chi connectivity index (χ1) is 7.20. The van der Waals surface area contributed by atoms with E-state index in [4.69, 9.17) is 0 Å². The van der Waals surface area contributed by atoms with Crippen LogP contribution in [0, 0.1) is 0 Å². The second kappa shape index (κ2) is 5.40. The number of hydrogen-bond acceptors (Lipinski definition) is 6. The highest BCUT2D eigenvalue weighted by molar-refractivity contribution is 9.36. The fourth-order valence-electron chi connectivity index (χ4n) is 1.30. The summed E-state index contributed by atoms with van der Waals surface area (Å²) in [7, 11) is 8.63. The van der Waals surface area contributed by atoms with Gasteiger partial charge >= 0.3 is 0 Å². The second-order valence-corrected chi connectivity index (χ2v) is 10.8. The summed E-state index contributed by atoms with van der Waals surface area (Å²) >= 11 is 0. The lowest BCUT2D eigenvalue weighted by molar-refractivity contribution is 0.458. The molecule has 0 saturated heterocycles. The SMILES string of the molecule is CC(C)c1ccc(O)c2c1SSSSS2. The van der Waals surface area contributed by atoms with E-state index in [1.54, 1.807) is 51.1 Å². The molecule has 0 fully saturated rings. The minimum absolute atomic E-state index is 0.405. The molecule has 1 aromatic carbocycles. The largest absolute Gasteiger partial charge is 0.507 e. The van der Waals surface area contributed by atoms with Gasteiger partial charge in [0, 0.05) is 4.90 Å². The Labute approximate surface area is 109 Å². The zero-order valence-corrected chi connectivity index (χ0v) is 12.3. The van der Waals surface area contributed by atoms with Crippen molar-refractivity contribution in [2.75, 3.05) is 0 Å². The van der Waals surface area contributed by atoms with E-state index >= 15 is 0 Å². The molecule has 1 aliphatic rings. The topological polar surface area (TPSA) is 20.2 Å². The quantitative estimate of drug-likeness (QED) is 0.678. The number of aromatic hydroxyl groups is 1. The molecule has 0 aromatic heterocycles. The van der Waals surface area contributed by atoms with Gasteiger partial charge in [0.1, 0.15) is 5.75 Å². The van der Waals surface area contributed by atoms with Crippen LogP contribution < -0.4 is 0 Å². The van der Waals surface area contributed by atoms with Crippen molar-refractivity contribution in [3.05, 3.63) is 17.7 Å². The molecule has 82 valence electrons. The summed E-state index contributed by atoms with van der Waals surface area (Å²) in [5.74, 6) is 0.906. The zero-order chi connectivity index (χ0) is 10.8. The lowest BCUT2D eigenvalue weighted by Crippen LogP contribution is -1.91. The Kier molecular flexibility index (Phi) is 4.41. The molecule has 0 spiro atoms. The molecule has 0 saturated carbocycles. The van der Waals surface area contributed by atoms with Crippen molar-refractivity contribution in [1.29, 1.82) is 0 Å². The molecule has 2 rings (SSSR count). The molecule has 0 unspecified atom stereocenters. The van der Waals surface area contributed by atoms with Crippen LogP contribution in [0.1, 0.15) is 25.3 Å². The van der Waals surface area contributed by atoms with Gasteiger partial charge in [-0.1, -0.05) is 19.9 Å². The molecular weight excluding hydrogens is 284 g/mol. The smallest absolute Gasteiger partial charge is 0.131 e. The Balaban J connectivity index is 2.51. The molecule has 0 amide bonds. The minimum Gasteiger partial charge on any atom is -0.507 e. The van der Waals surface area contributed by atoms with Crippen LogP contribution in [0.5, 0.6) is 5.75 Å². The average Bonchev–Trinajstić information content (AvgIpc) is 2.43. The molecule has 6 heteroatoms. The van der Waals surface area contributed by atoms with Gasteiger partial charge in [0.25, 0.3) is 0 Å². The third-order valence-electron chi connectivity index (χ3n) is 2.03. The first-order valence-corrected chi connectivity index (χ1v) is 10.6. The van der Waals surface area contributed by atoms with E-state index in [0.717, 1.165) is 4.90 Å². The van der Waals surface area contributed by atoms with Gasteiger partial charge in [-0.05, 0) is 68.6 Å². The molecule has 15 heavy (non-hydrogen) atoms. The highest BCUT2D eigenvalue weighted by atomic mass is 33.8. The van der Waals surface area contributed by atoms with Crippen molar-refractivity contribution in [2.24, 2.45) is 0 Å². The average molecular weight is 295 g/mol. The van der Waals surface area contributed by atoms with E-state index in [0.29, 0.717) is 11.7 Å². The van der Waals surface area contributed by atoms with E-state index < -0.39 is 0 Å². The summed E-state index contributed by atoms with van der Waals surface area (Å²) in [6.07, 6.45) is 0. The van der Waals surface area contributed by atoms with Crippen LogP contribution in [0.3, 0.4) is 0 Å². The van der Waals surface area contributed by atoms with Crippen LogP contribution in [0.15, 0.2) is 21.9 Å². The molecule has 0 bridgehead atoms. The summed E-state index contributed by atoms with van der Waals surface area (Å²) in [4.78, 5) is 2.26. The van der Waals surface area contributed by atoms with Crippen LogP contribution in [0.2, 0.25) is 0 Å². The summed E-state index contributed by atoms with van der Waals surface area (Å²) in [6, 6.07) is 3.84. The standard InChI is InChI=1S/C9H10OS5/c1-5(2)6-3-4-7(10)9-8(6)11-13-15-14-12-9/h3-5,10H,1-2H3. The number of phenolic OH excluding ortho intramolecular Hbond substituents is 1. The summed E-state index contributed by atoms with van der Waals surface area (Å²) in [6.45, 7) is 4.38. The Bertz CT molecular complexity index is 366. The number of phenols is 1. The van der Waals surface area contributed by atoms with Crippen LogP contribution in [0.4, 0.5) is 0 Å². The van der Waals surface area contributed by atoms with Gasteiger partial charge in [-0.2, -0.15) is 0 Å². The van der Waals surface area contributed by atoms with E-state index in [1.807, 2.05) is 12.1 Å². The molecule has 0 aliphatic carbocycles. The summed E-state index contributed by atoms with van der Waals surface area (Å²) in [5.41, 5.74) is 1.33. The van der Waals surface area contributed by atoms with Crippen molar-refractivity contribution < 1.29 is 5.11 Å². The van der Waals surface area contributed by atoms with Crippen LogP contribution in [-0.4, -0.2) is 5.11 Å². The molecule has 1 N–H and O–H groups in total. The maximum absolute atomic E-state index is 9.82. The van der Waals surface area contributed by atoms with Crippen molar-refractivity contribution >= 4 is 51.1 Å². The Morgan fingerprint density at radius 3 is 2.33 bits per heavy atom. The van der Waals surface area contributed by atoms with Gasteiger partial charge in [-0.25, -0.2) is 0 Å². The third-order valence-corrected chi connectivity index (χ3v) is 10.6.